The summed E-state index contributed by atoms with van der Waals surface area (Å²) < 4.78 is 7.10. The fourth-order valence-corrected chi connectivity index (χ4v) is 5.42. The number of nitro benzene ring substituents is 1. The van der Waals surface area contributed by atoms with Crippen LogP contribution in [0.3, 0.4) is 0 Å². The second kappa shape index (κ2) is 11.0. The van der Waals surface area contributed by atoms with Gasteiger partial charge in [0.1, 0.15) is 17.4 Å². The zero-order chi connectivity index (χ0) is 25.7. The number of fused-ring (bicyclic) bond motifs is 1. The number of nitro groups is 1. The molecule has 4 rings (SSSR count). The highest BCUT2D eigenvalue weighted by atomic mass is 32.2. The lowest BCUT2D eigenvalue weighted by atomic mass is 10.1. The first-order chi connectivity index (χ1) is 17.4. The molecule has 0 radical (unpaired) electrons. The Kier molecular flexibility index (Phi) is 7.63. The number of carbonyl (C=O) groups excluding carboxylic acids is 1. The number of ether oxygens (including phenoxy) is 1. The standard InChI is InChI=1S/C26H20N4O4S2/c1-3-34-20-9-10-21-24(14-20)36-26(29-21)35-23-11-6-17(13-22(23)30(32)33)12-18(15-27)25(31)28-19-7-4-16(2)5-8-19/h4-14H,3H2,1-2H3,(H,28,31)/b18-12+. The molecule has 0 saturated heterocycles. The average Bonchev–Trinajstić information content (AvgIpc) is 3.26. The van der Waals surface area contributed by atoms with Crippen molar-refractivity contribution < 1.29 is 14.5 Å². The van der Waals surface area contributed by atoms with Crippen LogP contribution in [-0.4, -0.2) is 22.4 Å². The Morgan fingerprint density at radius 3 is 2.69 bits per heavy atom. The summed E-state index contributed by atoms with van der Waals surface area (Å²) in [5.74, 6) is 0.149. The highest BCUT2D eigenvalue weighted by Crippen LogP contribution is 2.40. The predicted octanol–water partition coefficient (Wildman–Crippen LogP) is 6.61. The van der Waals surface area contributed by atoms with Crippen LogP contribution in [0.5, 0.6) is 5.75 Å². The summed E-state index contributed by atoms with van der Waals surface area (Å²) in [6.07, 6.45) is 1.33. The van der Waals surface area contributed by atoms with Gasteiger partial charge >= 0.3 is 0 Å². The van der Waals surface area contributed by atoms with Crippen molar-refractivity contribution in [1.82, 2.24) is 4.98 Å². The molecule has 1 N–H and O–H groups in total. The molecule has 0 saturated carbocycles. The molecule has 0 aliphatic rings. The van der Waals surface area contributed by atoms with Crippen LogP contribution in [0, 0.1) is 28.4 Å². The molecule has 1 heterocycles. The molecule has 0 bridgehead atoms. The number of anilines is 1. The van der Waals surface area contributed by atoms with Gasteiger partial charge in [-0.1, -0.05) is 35.5 Å². The van der Waals surface area contributed by atoms with E-state index in [0.29, 0.717) is 27.1 Å². The van der Waals surface area contributed by atoms with Crippen LogP contribution < -0.4 is 10.1 Å². The zero-order valence-corrected chi connectivity index (χ0v) is 21.0. The maximum atomic E-state index is 12.6. The summed E-state index contributed by atoms with van der Waals surface area (Å²) in [4.78, 5) is 28.8. The van der Waals surface area contributed by atoms with Gasteiger partial charge < -0.3 is 10.1 Å². The molecule has 180 valence electrons. The molecule has 0 spiro atoms. The highest BCUT2D eigenvalue weighted by Gasteiger charge is 2.18. The second-order valence-electron chi connectivity index (χ2n) is 7.62. The van der Waals surface area contributed by atoms with Gasteiger partial charge in [0.05, 0.1) is 26.6 Å². The minimum atomic E-state index is -0.594. The molecule has 36 heavy (non-hydrogen) atoms. The normalized spacial score (nSPS) is 11.2. The molecule has 4 aromatic rings. The summed E-state index contributed by atoms with van der Waals surface area (Å²) >= 11 is 2.61. The molecule has 1 aromatic heterocycles. The number of hydrogen-bond acceptors (Lipinski definition) is 8. The summed E-state index contributed by atoms with van der Waals surface area (Å²) in [7, 11) is 0. The fraction of sp³-hybridized carbons (Fsp3) is 0.115. The number of thiazole rings is 1. The van der Waals surface area contributed by atoms with Gasteiger partial charge in [0.25, 0.3) is 11.6 Å². The van der Waals surface area contributed by atoms with Crippen LogP contribution in [0.1, 0.15) is 18.1 Å². The number of aromatic nitrogens is 1. The van der Waals surface area contributed by atoms with Crippen molar-refractivity contribution in [2.45, 2.75) is 23.1 Å². The van der Waals surface area contributed by atoms with Crippen molar-refractivity contribution in [1.29, 1.82) is 5.26 Å². The first-order valence-corrected chi connectivity index (χ1v) is 12.5. The lowest BCUT2D eigenvalue weighted by molar-refractivity contribution is -0.387. The molecule has 0 atom stereocenters. The Labute approximate surface area is 215 Å². The maximum Gasteiger partial charge on any atom is 0.283 e. The van der Waals surface area contributed by atoms with E-state index in [1.807, 2.05) is 50.2 Å². The van der Waals surface area contributed by atoms with Crippen molar-refractivity contribution >= 4 is 56.7 Å². The molecule has 0 unspecified atom stereocenters. The van der Waals surface area contributed by atoms with E-state index in [0.717, 1.165) is 21.5 Å². The van der Waals surface area contributed by atoms with Crippen molar-refractivity contribution in [3.63, 3.8) is 0 Å². The topological polar surface area (TPSA) is 118 Å². The van der Waals surface area contributed by atoms with Crippen molar-refractivity contribution in [3.05, 3.63) is 87.5 Å². The third-order valence-electron chi connectivity index (χ3n) is 5.01. The fourth-order valence-electron chi connectivity index (χ4n) is 3.28. The third kappa shape index (κ3) is 5.89. The Morgan fingerprint density at radius 2 is 2.00 bits per heavy atom. The van der Waals surface area contributed by atoms with E-state index in [2.05, 4.69) is 10.3 Å². The van der Waals surface area contributed by atoms with E-state index in [4.69, 9.17) is 4.74 Å². The molecule has 0 fully saturated rings. The van der Waals surface area contributed by atoms with Crippen LogP contribution >= 0.6 is 23.1 Å². The molecule has 0 aliphatic carbocycles. The summed E-state index contributed by atoms with van der Waals surface area (Å²) in [6.45, 7) is 4.39. The number of benzene rings is 3. The SMILES string of the molecule is CCOc1ccc2nc(Sc3ccc(/C=C(\C#N)C(=O)Nc4ccc(C)cc4)cc3[N+](=O)[O-])sc2c1. The van der Waals surface area contributed by atoms with Gasteiger partial charge in [0.2, 0.25) is 0 Å². The largest absolute Gasteiger partial charge is 0.494 e. The van der Waals surface area contributed by atoms with Crippen molar-refractivity contribution in [2.75, 3.05) is 11.9 Å². The molecule has 10 heteroatoms. The number of nitrogens with one attached hydrogen (secondary N) is 1. The molecule has 1 amide bonds. The average molecular weight is 517 g/mol. The Morgan fingerprint density at radius 1 is 1.22 bits per heavy atom. The second-order valence-corrected chi connectivity index (χ2v) is 9.94. The Hall–Kier alpha value is -4.20. The van der Waals surface area contributed by atoms with Gasteiger partial charge in [0, 0.05) is 11.8 Å². The van der Waals surface area contributed by atoms with Gasteiger partial charge in [-0.2, -0.15) is 5.26 Å². The first-order valence-electron chi connectivity index (χ1n) is 10.9. The van der Waals surface area contributed by atoms with E-state index in [9.17, 15) is 20.2 Å². The van der Waals surface area contributed by atoms with E-state index < -0.39 is 10.8 Å². The molecular weight excluding hydrogens is 496 g/mol. The van der Waals surface area contributed by atoms with Crippen LogP contribution in [0.4, 0.5) is 11.4 Å². The summed E-state index contributed by atoms with van der Waals surface area (Å²) in [5.41, 5.74) is 2.43. The van der Waals surface area contributed by atoms with Gasteiger partial charge in [0.15, 0.2) is 4.34 Å². The third-order valence-corrected chi connectivity index (χ3v) is 7.16. The minimum absolute atomic E-state index is 0.140. The number of aryl methyl sites for hydroxylation is 1. The minimum Gasteiger partial charge on any atom is -0.494 e. The molecular formula is C26H20N4O4S2. The summed E-state index contributed by atoms with van der Waals surface area (Å²) in [5, 5.41) is 24.0. The van der Waals surface area contributed by atoms with Gasteiger partial charge in [-0.05, 0) is 61.9 Å². The first kappa shape index (κ1) is 24.9. The zero-order valence-electron chi connectivity index (χ0n) is 19.3. The van der Waals surface area contributed by atoms with Gasteiger partial charge in [-0.15, -0.1) is 11.3 Å². The predicted molar refractivity (Wildman–Crippen MR) is 141 cm³/mol. The highest BCUT2D eigenvalue weighted by molar-refractivity contribution is 8.01. The number of rotatable bonds is 8. The Balaban J connectivity index is 1.58. The van der Waals surface area contributed by atoms with E-state index in [1.165, 1.54) is 35.2 Å². The van der Waals surface area contributed by atoms with Crippen molar-refractivity contribution in [3.8, 4) is 11.8 Å². The Bertz CT molecular complexity index is 1520. The van der Waals surface area contributed by atoms with Crippen molar-refractivity contribution in [2.24, 2.45) is 0 Å². The van der Waals surface area contributed by atoms with Crippen LogP contribution in [0.2, 0.25) is 0 Å². The van der Waals surface area contributed by atoms with Crippen LogP contribution in [-0.2, 0) is 4.79 Å². The molecule has 3 aromatic carbocycles. The number of amides is 1. The van der Waals surface area contributed by atoms with E-state index in [1.54, 1.807) is 24.3 Å². The van der Waals surface area contributed by atoms with Gasteiger partial charge in [-0.25, -0.2) is 4.98 Å². The van der Waals surface area contributed by atoms with E-state index >= 15 is 0 Å². The number of hydrogen-bond donors (Lipinski definition) is 1. The number of nitrogens with zero attached hydrogens (tertiary/aromatic N) is 3. The quantitative estimate of drug-likeness (QED) is 0.121. The van der Waals surface area contributed by atoms with Crippen LogP contribution in [0.25, 0.3) is 16.3 Å². The van der Waals surface area contributed by atoms with Crippen LogP contribution in [0.15, 0.2) is 75.5 Å². The lowest BCUT2D eigenvalue weighted by Crippen LogP contribution is -2.13. The maximum absolute atomic E-state index is 12.6. The molecule has 8 nitrogen and oxygen atoms in total. The van der Waals surface area contributed by atoms with Gasteiger partial charge in [-0.3, -0.25) is 14.9 Å². The molecule has 0 aliphatic heterocycles. The number of nitriles is 1. The number of carbonyl (C=O) groups is 1. The summed E-state index contributed by atoms with van der Waals surface area (Å²) in [6, 6.07) is 19.2. The monoisotopic (exact) mass is 516 g/mol. The smallest absolute Gasteiger partial charge is 0.283 e. The lowest BCUT2D eigenvalue weighted by Gasteiger charge is -2.05. The van der Waals surface area contributed by atoms with E-state index in [-0.39, 0.29) is 11.3 Å².